The van der Waals surface area contributed by atoms with Crippen molar-refractivity contribution in [2.45, 2.75) is 31.9 Å². The molecule has 1 fully saturated rings. The van der Waals surface area contributed by atoms with E-state index in [9.17, 15) is 13.6 Å². The Morgan fingerprint density at radius 2 is 2.25 bits per heavy atom. The van der Waals surface area contributed by atoms with Crippen LogP contribution in [-0.4, -0.2) is 31.7 Å². The summed E-state index contributed by atoms with van der Waals surface area (Å²) in [6, 6.07) is 5.90. The smallest absolute Gasteiger partial charge is 0.387 e. The van der Waals surface area contributed by atoms with Crippen LogP contribution in [0.25, 0.3) is 0 Å². The SMILES string of the molecule is O=C(NC1CCCCNC1)c1cccc(OC(F)F)c1. The van der Waals surface area contributed by atoms with Gasteiger partial charge in [0.2, 0.25) is 0 Å². The van der Waals surface area contributed by atoms with Crippen LogP contribution in [0.4, 0.5) is 8.78 Å². The highest BCUT2D eigenvalue weighted by Gasteiger charge is 2.16. The van der Waals surface area contributed by atoms with Crippen molar-refractivity contribution in [1.82, 2.24) is 10.6 Å². The van der Waals surface area contributed by atoms with Gasteiger partial charge in [-0.3, -0.25) is 4.79 Å². The van der Waals surface area contributed by atoms with Gasteiger partial charge in [0.15, 0.2) is 0 Å². The Morgan fingerprint density at radius 1 is 1.40 bits per heavy atom. The molecule has 1 aromatic carbocycles. The molecule has 20 heavy (non-hydrogen) atoms. The quantitative estimate of drug-likeness (QED) is 0.891. The predicted octanol–water partition coefficient (Wildman–Crippen LogP) is 2.16. The van der Waals surface area contributed by atoms with Crippen LogP contribution in [0.15, 0.2) is 24.3 Å². The molecule has 0 aromatic heterocycles. The lowest BCUT2D eigenvalue weighted by Crippen LogP contribution is -2.40. The minimum Gasteiger partial charge on any atom is -0.435 e. The summed E-state index contributed by atoms with van der Waals surface area (Å²) in [7, 11) is 0. The van der Waals surface area contributed by atoms with Gasteiger partial charge < -0.3 is 15.4 Å². The molecular formula is C14H18F2N2O2. The molecule has 4 nitrogen and oxygen atoms in total. The van der Waals surface area contributed by atoms with Crippen LogP contribution in [0.3, 0.4) is 0 Å². The van der Waals surface area contributed by atoms with Crippen molar-refractivity contribution in [1.29, 1.82) is 0 Å². The number of benzene rings is 1. The average Bonchev–Trinajstić information content (AvgIpc) is 2.67. The number of hydrogen-bond donors (Lipinski definition) is 2. The average molecular weight is 284 g/mol. The molecule has 1 amide bonds. The summed E-state index contributed by atoms with van der Waals surface area (Å²) in [6.45, 7) is -1.19. The highest BCUT2D eigenvalue weighted by atomic mass is 19.3. The number of hydrogen-bond acceptors (Lipinski definition) is 3. The number of nitrogens with one attached hydrogen (secondary N) is 2. The van der Waals surface area contributed by atoms with E-state index < -0.39 is 6.61 Å². The molecule has 2 rings (SSSR count). The Balaban J connectivity index is 1.97. The van der Waals surface area contributed by atoms with Gasteiger partial charge in [-0.2, -0.15) is 8.78 Å². The second kappa shape index (κ2) is 7.19. The van der Waals surface area contributed by atoms with Crippen LogP contribution in [0.5, 0.6) is 5.75 Å². The molecule has 0 spiro atoms. The van der Waals surface area contributed by atoms with Crippen molar-refractivity contribution in [3.8, 4) is 5.75 Å². The Labute approximate surface area is 116 Å². The number of rotatable bonds is 4. The van der Waals surface area contributed by atoms with Crippen molar-refractivity contribution in [2.24, 2.45) is 0 Å². The molecule has 1 unspecified atom stereocenters. The number of ether oxygens (including phenoxy) is 1. The fraction of sp³-hybridized carbons (Fsp3) is 0.500. The summed E-state index contributed by atoms with van der Waals surface area (Å²) in [5.74, 6) is -0.273. The van der Waals surface area contributed by atoms with Crippen LogP contribution < -0.4 is 15.4 Å². The van der Waals surface area contributed by atoms with Gasteiger partial charge in [0.25, 0.3) is 5.91 Å². The van der Waals surface area contributed by atoms with E-state index in [-0.39, 0.29) is 17.7 Å². The van der Waals surface area contributed by atoms with Crippen LogP contribution in [0, 0.1) is 0 Å². The van der Waals surface area contributed by atoms with Gasteiger partial charge in [-0.1, -0.05) is 12.5 Å². The first-order chi connectivity index (χ1) is 9.65. The maximum Gasteiger partial charge on any atom is 0.387 e. The Morgan fingerprint density at radius 3 is 3.05 bits per heavy atom. The molecule has 1 heterocycles. The van der Waals surface area contributed by atoms with Gasteiger partial charge >= 0.3 is 6.61 Å². The third-order valence-corrected chi connectivity index (χ3v) is 3.20. The van der Waals surface area contributed by atoms with Crippen molar-refractivity contribution >= 4 is 5.91 Å². The first kappa shape index (κ1) is 14.7. The van der Waals surface area contributed by atoms with Gasteiger partial charge in [-0.25, -0.2) is 0 Å². The second-order valence-electron chi connectivity index (χ2n) is 4.78. The van der Waals surface area contributed by atoms with Crippen LogP contribution in [-0.2, 0) is 0 Å². The minimum atomic E-state index is -2.89. The summed E-state index contributed by atoms with van der Waals surface area (Å²) in [5, 5.41) is 6.16. The Kier molecular flexibility index (Phi) is 5.29. The van der Waals surface area contributed by atoms with E-state index in [4.69, 9.17) is 0 Å². The largest absolute Gasteiger partial charge is 0.435 e. The Hall–Kier alpha value is -1.69. The monoisotopic (exact) mass is 284 g/mol. The first-order valence-electron chi connectivity index (χ1n) is 6.71. The van der Waals surface area contributed by atoms with Crippen molar-refractivity contribution in [3.05, 3.63) is 29.8 Å². The minimum absolute atomic E-state index is 0.00774. The van der Waals surface area contributed by atoms with E-state index in [2.05, 4.69) is 15.4 Å². The molecule has 2 N–H and O–H groups in total. The number of carbonyl (C=O) groups is 1. The molecule has 1 aliphatic heterocycles. The molecule has 1 aliphatic rings. The maximum atomic E-state index is 12.1. The molecular weight excluding hydrogens is 266 g/mol. The fourth-order valence-corrected chi connectivity index (χ4v) is 2.22. The van der Waals surface area contributed by atoms with Gasteiger partial charge in [-0.05, 0) is 37.6 Å². The molecule has 1 saturated heterocycles. The zero-order valence-corrected chi connectivity index (χ0v) is 11.1. The second-order valence-corrected chi connectivity index (χ2v) is 4.78. The molecule has 1 atom stereocenters. The van der Waals surface area contributed by atoms with Gasteiger partial charge in [0.1, 0.15) is 5.75 Å². The van der Waals surface area contributed by atoms with E-state index in [0.717, 1.165) is 32.4 Å². The van der Waals surface area contributed by atoms with Gasteiger partial charge in [-0.15, -0.1) is 0 Å². The summed E-state index contributed by atoms with van der Waals surface area (Å²) in [4.78, 5) is 12.1. The standard InChI is InChI=1S/C14H18F2N2O2/c15-14(16)20-12-6-3-4-10(8-12)13(19)18-11-5-1-2-7-17-9-11/h3-4,6,8,11,14,17H,1-2,5,7,9H2,(H,18,19). The highest BCUT2D eigenvalue weighted by molar-refractivity contribution is 5.94. The topological polar surface area (TPSA) is 50.4 Å². The molecule has 1 aromatic rings. The van der Waals surface area contributed by atoms with Crippen LogP contribution >= 0.6 is 0 Å². The van der Waals surface area contributed by atoms with E-state index >= 15 is 0 Å². The van der Waals surface area contributed by atoms with E-state index in [0.29, 0.717) is 5.56 Å². The van der Waals surface area contributed by atoms with Gasteiger partial charge in [0, 0.05) is 18.2 Å². The lowest BCUT2D eigenvalue weighted by atomic mass is 10.1. The van der Waals surface area contributed by atoms with E-state index in [1.54, 1.807) is 6.07 Å². The molecule has 0 saturated carbocycles. The predicted molar refractivity (Wildman–Crippen MR) is 71.0 cm³/mol. The maximum absolute atomic E-state index is 12.1. The van der Waals surface area contributed by atoms with Gasteiger partial charge in [0.05, 0.1) is 0 Å². The molecule has 110 valence electrons. The lowest BCUT2D eigenvalue weighted by molar-refractivity contribution is -0.0498. The van der Waals surface area contributed by atoms with Crippen LogP contribution in [0.2, 0.25) is 0 Å². The van der Waals surface area contributed by atoms with Crippen molar-refractivity contribution in [2.75, 3.05) is 13.1 Å². The van der Waals surface area contributed by atoms with Crippen molar-refractivity contribution in [3.63, 3.8) is 0 Å². The number of alkyl halides is 2. The first-order valence-corrected chi connectivity index (χ1v) is 6.71. The third-order valence-electron chi connectivity index (χ3n) is 3.20. The molecule has 6 heteroatoms. The zero-order chi connectivity index (χ0) is 14.4. The molecule has 0 aliphatic carbocycles. The molecule has 0 radical (unpaired) electrons. The number of halogens is 2. The summed E-state index contributed by atoms with van der Waals surface area (Å²) >= 11 is 0. The fourth-order valence-electron chi connectivity index (χ4n) is 2.22. The van der Waals surface area contributed by atoms with Crippen LogP contribution in [0.1, 0.15) is 29.6 Å². The summed E-state index contributed by atoms with van der Waals surface area (Å²) < 4.78 is 28.6. The number of carbonyl (C=O) groups excluding carboxylic acids is 1. The molecule has 0 bridgehead atoms. The lowest BCUT2D eigenvalue weighted by Gasteiger charge is -2.16. The Bertz CT molecular complexity index is 447. The zero-order valence-electron chi connectivity index (χ0n) is 11.1. The summed E-state index contributed by atoms with van der Waals surface area (Å²) in [5.41, 5.74) is 0.326. The highest BCUT2D eigenvalue weighted by Crippen LogP contribution is 2.16. The summed E-state index contributed by atoms with van der Waals surface area (Å²) in [6.07, 6.45) is 3.09. The normalized spacial score (nSPS) is 19.4. The van der Waals surface area contributed by atoms with Crippen molar-refractivity contribution < 1.29 is 18.3 Å². The number of amides is 1. The van der Waals surface area contributed by atoms with E-state index in [1.165, 1.54) is 18.2 Å². The van der Waals surface area contributed by atoms with E-state index in [1.807, 2.05) is 0 Å². The third kappa shape index (κ3) is 4.45.